The molecule has 0 radical (unpaired) electrons. The lowest BCUT2D eigenvalue weighted by atomic mass is 9.96. The van der Waals surface area contributed by atoms with Crippen LogP contribution in [0.5, 0.6) is 0 Å². The Kier molecular flexibility index (Phi) is 5.51. The molecule has 2 atom stereocenters. The van der Waals surface area contributed by atoms with Crippen molar-refractivity contribution in [2.24, 2.45) is 5.73 Å². The highest BCUT2D eigenvalue weighted by atomic mass is 16.2. The van der Waals surface area contributed by atoms with Gasteiger partial charge in [0.15, 0.2) is 5.78 Å². The van der Waals surface area contributed by atoms with Crippen LogP contribution in [0.25, 0.3) is 0 Å². The Morgan fingerprint density at radius 1 is 1.24 bits per heavy atom. The Hall–Kier alpha value is -1.68. The van der Waals surface area contributed by atoms with Gasteiger partial charge >= 0.3 is 0 Å². The number of amides is 1. The third-order valence-corrected chi connectivity index (χ3v) is 4.14. The maximum absolute atomic E-state index is 12.4. The van der Waals surface area contributed by atoms with Gasteiger partial charge in [-0.25, -0.2) is 0 Å². The van der Waals surface area contributed by atoms with E-state index in [2.05, 4.69) is 0 Å². The van der Waals surface area contributed by atoms with Gasteiger partial charge in [-0.05, 0) is 26.2 Å². The minimum Gasteiger partial charge on any atom is -0.338 e. The number of ketones is 1. The number of likely N-dealkylation sites (tertiary alicyclic amines) is 1. The molecule has 1 aromatic rings. The molecule has 1 saturated heterocycles. The van der Waals surface area contributed by atoms with E-state index in [9.17, 15) is 9.59 Å². The zero-order valence-corrected chi connectivity index (χ0v) is 12.6. The van der Waals surface area contributed by atoms with Crippen molar-refractivity contribution in [2.45, 2.75) is 51.1 Å². The molecule has 2 unspecified atom stereocenters. The van der Waals surface area contributed by atoms with Crippen molar-refractivity contribution < 1.29 is 9.59 Å². The Labute approximate surface area is 126 Å². The molecular formula is C17H24N2O2. The molecule has 1 aliphatic rings. The van der Waals surface area contributed by atoms with Crippen LogP contribution in [0.15, 0.2) is 30.3 Å². The summed E-state index contributed by atoms with van der Waals surface area (Å²) in [6.45, 7) is 2.72. The summed E-state index contributed by atoms with van der Waals surface area (Å²) in [6.07, 6.45) is 3.67. The van der Waals surface area contributed by atoms with E-state index in [1.807, 2.05) is 30.0 Å². The van der Waals surface area contributed by atoms with Crippen molar-refractivity contribution in [3.63, 3.8) is 0 Å². The van der Waals surface area contributed by atoms with E-state index in [1.165, 1.54) is 0 Å². The summed E-state index contributed by atoms with van der Waals surface area (Å²) < 4.78 is 0. The minimum atomic E-state index is -0.0147. The minimum absolute atomic E-state index is 0.0147. The van der Waals surface area contributed by atoms with E-state index in [4.69, 9.17) is 5.73 Å². The Morgan fingerprint density at radius 3 is 2.62 bits per heavy atom. The van der Waals surface area contributed by atoms with Gasteiger partial charge in [0, 0.05) is 37.0 Å². The Bertz CT molecular complexity index is 485. The summed E-state index contributed by atoms with van der Waals surface area (Å²) in [5.41, 5.74) is 6.66. The highest BCUT2D eigenvalue weighted by molar-refractivity contribution is 5.97. The normalized spacial score (nSPS) is 20.1. The van der Waals surface area contributed by atoms with Crippen LogP contribution >= 0.6 is 0 Å². The predicted molar refractivity (Wildman–Crippen MR) is 83.0 cm³/mol. The number of benzene rings is 1. The second-order valence-electron chi connectivity index (χ2n) is 5.80. The van der Waals surface area contributed by atoms with Gasteiger partial charge in [-0.3, -0.25) is 9.59 Å². The number of carbonyl (C=O) groups is 2. The van der Waals surface area contributed by atoms with Crippen LogP contribution in [0.2, 0.25) is 0 Å². The fourth-order valence-electron chi connectivity index (χ4n) is 2.95. The molecule has 0 aliphatic carbocycles. The number of nitrogens with two attached hydrogens (primary N) is 1. The molecule has 2 N–H and O–H groups in total. The van der Waals surface area contributed by atoms with Crippen molar-refractivity contribution in [2.75, 3.05) is 6.54 Å². The summed E-state index contributed by atoms with van der Waals surface area (Å²) in [7, 11) is 0. The second kappa shape index (κ2) is 7.36. The van der Waals surface area contributed by atoms with Crippen LogP contribution in [0, 0.1) is 0 Å². The van der Waals surface area contributed by atoms with Crippen LogP contribution in [-0.4, -0.2) is 35.2 Å². The smallest absolute Gasteiger partial charge is 0.223 e. The van der Waals surface area contributed by atoms with Crippen molar-refractivity contribution in [1.29, 1.82) is 0 Å². The SMILES string of the molecule is CC(N)C1CCCCN1C(=O)CCC(=O)c1ccccc1. The zero-order valence-electron chi connectivity index (χ0n) is 12.6. The number of Topliss-reactive ketones (excluding diaryl/α,β-unsaturated/α-hetero) is 1. The lowest BCUT2D eigenvalue weighted by Crippen LogP contribution is -2.51. The molecule has 4 nitrogen and oxygen atoms in total. The average Bonchev–Trinajstić information content (AvgIpc) is 2.53. The van der Waals surface area contributed by atoms with Gasteiger partial charge < -0.3 is 10.6 Å². The fourth-order valence-corrected chi connectivity index (χ4v) is 2.95. The lowest BCUT2D eigenvalue weighted by Gasteiger charge is -2.38. The standard InChI is InChI=1S/C17H24N2O2/c1-13(18)15-9-5-6-12-19(15)17(21)11-10-16(20)14-7-3-2-4-8-14/h2-4,7-8,13,15H,5-6,9-12,18H2,1H3. The summed E-state index contributed by atoms with van der Waals surface area (Å²) in [4.78, 5) is 26.3. The third kappa shape index (κ3) is 4.14. The van der Waals surface area contributed by atoms with Gasteiger partial charge in [0.05, 0.1) is 0 Å². The Balaban J connectivity index is 1.90. The monoisotopic (exact) mass is 288 g/mol. The number of hydrogen-bond acceptors (Lipinski definition) is 3. The first-order valence-corrected chi connectivity index (χ1v) is 7.73. The number of hydrogen-bond donors (Lipinski definition) is 1. The topological polar surface area (TPSA) is 63.4 Å². The van der Waals surface area contributed by atoms with E-state index in [1.54, 1.807) is 12.1 Å². The largest absolute Gasteiger partial charge is 0.338 e. The van der Waals surface area contributed by atoms with Crippen LogP contribution < -0.4 is 5.73 Å². The number of rotatable bonds is 5. The van der Waals surface area contributed by atoms with Gasteiger partial charge in [0.2, 0.25) is 5.91 Å². The lowest BCUT2D eigenvalue weighted by molar-refractivity contribution is -0.135. The van der Waals surface area contributed by atoms with Crippen molar-refractivity contribution in [3.8, 4) is 0 Å². The fraction of sp³-hybridized carbons (Fsp3) is 0.529. The molecule has 1 aliphatic heterocycles. The van der Waals surface area contributed by atoms with Gasteiger partial charge in [-0.15, -0.1) is 0 Å². The maximum atomic E-state index is 12.4. The average molecular weight is 288 g/mol. The molecule has 114 valence electrons. The van der Waals surface area contributed by atoms with E-state index in [-0.39, 0.29) is 36.6 Å². The molecule has 0 saturated carbocycles. The molecule has 2 rings (SSSR count). The third-order valence-electron chi connectivity index (χ3n) is 4.14. The highest BCUT2D eigenvalue weighted by Crippen LogP contribution is 2.20. The first-order chi connectivity index (χ1) is 10.1. The number of piperidine rings is 1. The molecule has 21 heavy (non-hydrogen) atoms. The molecule has 4 heteroatoms. The summed E-state index contributed by atoms with van der Waals surface area (Å²) >= 11 is 0. The molecule has 0 bridgehead atoms. The summed E-state index contributed by atoms with van der Waals surface area (Å²) in [6, 6.07) is 9.24. The quantitative estimate of drug-likeness (QED) is 0.846. The Morgan fingerprint density at radius 2 is 1.95 bits per heavy atom. The summed E-state index contributed by atoms with van der Waals surface area (Å²) in [5.74, 6) is 0.0830. The van der Waals surface area contributed by atoms with Crippen molar-refractivity contribution in [3.05, 3.63) is 35.9 Å². The van der Waals surface area contributed by atoms with E-state index in [0.717, 1.165) is 25.8 Å². The zero-order chi connectivity index (χ0) is 15.2. The van der Waals surface area contributed by atoms with E-state index < -0.39 is 0 Å². The molecule has 0 spiro atoms. The van der Waals surface area contributed by atoms with Gasteiger partial charge in [0.25, 0.3) is 0 Å². The molecule has 1 aromatic carbocycles. The van der Waals surface area contributed by atoms with Crippen molar-refractivity contribution in [1.82, 2.24) is 4.90 Å². The number of carbonyl (C=O) groups excluding carboxylic acids is 2. The first-order valence-electron chi connectivity index (χ1n) is 7.73. The van der Waals surface area contributed by atoms with Gasteiger partial charge in [0.1, 0.15) is 0 Å². The summed E-state index contributed by atoms with van der Waals surface area (Å²) in [5, 5.41) is 0. The van der Waals surface area contributed by atoms with Crippen LogP contribution in [0.4, 0.5) is 0 Å². The predicted octanol–water partition coefficient (Wildman–Crippen LogP) is 2.38. The second-order valence-corrected chi connectivity index (χ2v) is 5.80. The van der Waals surface area contributed by atoms with Gasteiger partial charge in [-0.1, -0.05) is 30.3 Å². The van der Waals surface area contributed by atoms with Crippen LogP contribution in [0.1, 0.15) is 49.4 Å². The molecular weight excluding hydrogens is 264 g/mol. The maximum Gasteiger partial charge on any atom is 0.223 e. The first kappa shape index (κ1) is 15.7. The highest BCUT2D eigenvalue weighted by Gasteiger charge is 2.29. The van der Waals surface area contributed by atoms with Crippen LogP contribution in [0.3, 0.4) is 0 Å². The molecule has 1 heterocycles. The number of nitrogens with zero attached hydrogens (tertiary/aromatic N) is 1. The van der Waals surface area contributed by atoms with Crippen molar-refractivity contribution >= 4 is 11.7 Å². The molecule has 0 aromatic heterocycles. The van der Waals surface area contributed by atoms with E-state index in [0.29, 0.717) is 5.56 Å². The van der Waals surface area contributed by atoms with E-state index >= 15 is 0 Å². The van der Waals surface area contributed by atoms with Gasteiger partial charge in [-0.2, -0.15) is 0 Å². The van der Waals surface area contributed by atoms with Crippen LogP contribution in [-0.2, 0) is 4.79 Å². The molecule has 1 amide bonds. The molecule has 1 fully saturated rings.